The van der Waals surface area contributed by atoms with Gasteiger partial charge in [0.2, 0.25) is 0 Å². The van der Waals surface area contributed by atoms with Crippen LogP contribution in [0.2, 0.25) is 0 Å². The molecule has 0 bridgehead atoms. The number of ether oxygens (including phenoxy) is 1. The number of aromatic nitrogens is 3. The van der Waals surface area contributed by atoms with Crippen LogP contribution in [0.15, 0.2) is 17.4 Å². The van der Waals surface area contributed by atoms with E-state index in [9.17, 15) is 10.2 Å². The van der Waals surface area contributed by atoms with Gasteiger partial charge in [0.15, 0.2) is 6.23 Å². The van der Waals surface area contributed by atoms with Gasteiger partial charge in [-0.2, -0.15) is 0 Å². The van der Waals surface area contributed by atoms with E-state index in [0.717, 1.165) is 11.9 Å². The van der Waals surface area contributed by atoms with Crippen LogP contribution >= 0.6 is 11.9 Å². The largest absolute Gasteiger partial charge is 0.394 e. The van der Waals surface area contributed by atoms with Crippen LogP contribution in [0.3, 0.4) is 0 Å². The van der Waals surface area contributed by atoms with Gasteiger partial charge in [0.25, 0.3) is 0 Å². The van der Waals surface area contributed by atoms with Gasteiger partial charge in [-0.1, -0.05) is 0 Å². The Morgan fingerprint density at radius 1 is 1.38 bits per heavy atom. The van der Waals surface area contributed by atoms with Crippen molar-refractivity contribution < 1.29 is 20.1 Å². The Bertz CT molecular complexity index is 665. The summed E-state index contributed by atoms with van der Waals surface area (Å²) < 4.78 is 7.01. The molecule has 1 aliphatic heterocycles. The summed E-state index contributed by atoms with van der Waals surface area (Å²) in [6.45, 7) is -0.394. The molecule has 1 fully saturated rings. The topological polar surface area (TPSA) is 153 Å². The van der Waals surface area contributed by atoms with E-state index in [1.165, 1.54) is 10.9 Å². The smallest absolute Gasteiger partial charge is 0.164 e. The molecule has 0 aromatic carbocycles. The molecule has 2 aromatic rings. The standard InChI is InChI=1S/C11H15N5O4S/c12-6-1-4-7(10(15-6)21-13)14-3-16(4)11-9(19)8(18)5(2-17)20-11/h1,3,5,8-9,11,17-19H,2,13H2,(H2,12,15)/t5-,8-,9-,11-/m1/s1. The van der Waals surface area contributed by atoms with Gasteiger partial charge in [-0.3, -0.25) is 5.14 Å². The summed E-state index contributed by atoms with van der Waals surface area (Å²) in [5.74, 6) is 0.254. The van der Waals surface area contributed by atoms with Gasteiger partial charge in [0.05, 0.1) is 18.5 Å². The minimum Gasteiger partial charge on any atom is -0.394 e. The number of rotatable bonds is 3. The molecule has 0 saturated carbocycles. The van der Waals surface area contributed by atoms with Gasteiger partial charge in [-0.15, -0.1) is 0 Å². The summed E-state index contributed by atoms with van der Waals surface area (Å²) in [5.41, 5.74) is 6.83. The van der Waals surface area contributed by atoms with Crippen LogP contribution in [-0.2, 0) is 4.74 Å². The summed E-state index contributed by atoms with van der Waals surface area (Å²) in [6, 6.07) is 1.58. The average Bonchev–Trinajstić information content (AvgIpc) is 3.01. The number of imidazole rings is 1. The Labute approximate surface area is 123 Å². The van der Waals surface area contributed by atoms with Crippen molar-refractivity contribution in [3.63, 3.8) is 0 Å². The normalized spacial score (nSPS) is 29.3. The minimum atomic E-state index is -1.19. The molecule has 1 saturated heterocycles. The van der Waals surface area contributed by atoms with E-state index < -0.39 is 31.1 Å². The minimum absolute atomic E-state index is 0.254. The summed E-state index contributed by atoms with van der Waals surface area (Å²) >= 11 is 0.915. The summed E-state index contributed by atoms with van der Waals surface area (Å²) in [5, 5.41) is 35.0. The number of aliphatic hydroxyl groups excluding tert-OH is 3. The van der Waals surface area contributed by atoms with E-state index in [-0.39, 0.29) is 5.82 Å². The van der Waals surface area contributed by atoms with Gasteiger partial charge in [-0.25, -0.2) is 9.97 Å². The van der Waals surface area contributed by atoms with Gasteiger partial charge < -0.3 is 30.4 Å². The van der Waals surface area contributed by atoms with Crippen molar-refractivity contribution in [2.45, 2.75) is 29.6 Å². The molecule has 7 N–H and O–H groups in total. The van der Waals surface area contributed by atoms with Gasteiger partial charge in [0, 0.05) is 6.07 Å². The Morgan fingerprint density at radius 2 is 2.14 bits per heavy atom. The molecule has 0 unspecified atom stereocenters. The molecule has 3 heterocycles. The zero-order chi connectivity index (χ0) is 15.1. The van der Waals surface area contributed by atoms with E-state index in [1.807, 2.05) is 0 Å². The van der Waals surface area contributed by atoms with Crippen LogP contribution in [0, 0.1) is 0 Å². The van der Waals surface area contributed by atoms with Gasteiger partial charge in [-0.05, 0) is 11.9 Å². The number of nitrogens with zero attached hydrogens (tertiary/aromatic N) is 3. The molecule has 0 spiro atoms. The van der Waals surface area contributed by atoms with Crippen molar-refractivity contribution in [1.29, 1.82) is 0 Å². The fraction of sp³-hybridized carbons (Fsp3) is 0.455. The summed E-state index contributed by atoms with van der Waals surface area (Å²) in [7, 11) is 0. The number of hydrogen-bond donors (Lipinski definition) is 5. The number of pyridine rings is 1. The number of fused-ring (bicyclic) bond motifs is 1. The average molecular weight is 313 g/mol. The first kappa shape index (κ1) is 14.5. The first-order valence-corrected chi connectivity index (χ1v) is 7.07. The zero-order valence-corrected chi connectivity index (χ0v) is 11.6. The molecule has 114 valence electrons. The SMILES string of the molecule is NSc1nc(N)cc2c1ncn2[C@@H]1O[C@H](CO)[C@@H](O)[C@H]1O. The van der Waals surface area contributed by atoms with Gasteiger partial charge >= 0.3 is 0 Å². The van der Waals surface area contributed by atoms with Crippen molar-refractivity contribution in [2.24, 2.45) is 5.14 Å². The van der Waals surface area contributed by atoms with E-state index in [0.29, 0.717) is 16.1 Å². The highest BCUT2D eigenvalue weighted by atomic mass is 32.2. The van der Waals surface area contributed by atoms with Crippen molar-refractivity contribution >= 4 is 28.8 Å². The van der Waals surface area contributed by atoms with Crippen LogP contribution in [0.1, 0.15) is 6.23 Å². The molecular formula is C11H15N5O4S. The Kier molecular flexibility index (Phi) is 3.73. The lowest BCUT2D eigenvalue weighted by molar-refractivity contribution is -0.0508. The van der Waals surface area contributed by atoms with Gasteiger partial charge in [0.1, 0.15) is 34.7 Å². The first-order chi connectivity index (χ1) is 10.1. The van der Waals surface area contributed by atoms with Crippen LogP contribution in [0.5, 0.6) is 0 Å². The number of aliphatic hydroxyl groups is 3. The van der Waals surface area contributed by atoms with Crippen LogP contribution < -0.4 is 10.9 Å². The second-order valence-electron chi connectivity index (χ2n) is 4.72. The second-order valence-corrected chi connectivity index (χ2v) is 5.34. The highest BCUT2D eigenvalue weighted by molar-refractivity contribution is 7.97. The zero-order valence-electron chi connectivity index (χ0n) is 10.8. The highest BCUT2D eigenvalue weighted by Gasteiger charge is 2.43. The Hall–Kier alpha value is -1.43. The third-order valence-corrected chi connectivity index (χ3v) is 3.96. The molecule has 9 nitrogen and oxygen atoms in total. The maximum Gasteiger partial charge on any atom is 0.164 e. The highest BCUT2D eigenvalue weighted by Crippen LogP contribution is 2.33. The van der Waals surface area contributed by atoms with E-state index >= 15 is 0 Å². The number of nitrogen functional groups attached to an aromatic ring is 1. The molecule has 0 amide bonds. The summed E-state index contributed by atoms with van der Waals surface area (Å²) in [6.07, 6.45) is -2.65. The predicted octanol–water partition coefficient (Wildman–Crippen LogP) is -1.41. The number of anilines is 1. The quantitative estimate of drug-likeness (QED) is 0.430. The monoisotopic (exact) mass is 313 g/mol. The van der Waals surface area contributed by atoms with Crippen molar-refractivity contribution in [3.05, 3.63) is 12.4 Å². The van der Waals surface area contributed by atoms with E-state index in [1.54, 1.807) is 6.07 Å². The lowest BCUT2D eigenvalue weighted by Crippen LogP contribution is -2.33. The fourth-order valence-electron chi connectivity index (χ4n) is 2.42. The Morgan fingerprint density at radius 3 is 2.76 bits per heavy atom. The van der Waals surface area contributed by atoms with Crippen LogP contribution in [-0.4, -0.2) is 54.8 Å². The molecular weight excluding hydrogens is 298 g/mol. The molecule has 2 aromatic heterocycles. The molecule has 3 rings (SSSR count). The lowest BCUT2D eigenvalue weighted by Gasteiger charge is -2.17. The maximum atomic E-state index is 10.1. The van der Waals surface area contributed by atoms with Crippen LogP contribution in [0.4, 0.5) is 5.82 Å². The molecule has 0 radical (unpaired) electrons. The van der Waals surface area contributed by atoms with Crippen molar-refractivity contribution in [1.82, 2.24) is 14.5 Å². The van der Waals surface area contributed by atoms with Crippen molar-refractivity contribution in [2.75, 3.05) is 12.3 Å². The first-order valence-electron chi connectivity index (χ1n) is 6.19. The summed E-state index contributed by atoms with van der Waals surface area (Å²) in [4.78, 5) is 8.27. The third-order valence-electron chi connectivity index (χ3n) is 3.45. The maximum absolute atomic E-state index is 10.1. The van der Waals surface area contributed by atoms with E-state index in [4.69, 9.17) is 20.7 Å². The molecule has 0 aliphatic carbocycles. The van der Waals surface area contributed by atoms with Crippen molar-refractivity contribution in [3.8, 4) is 0 Å². The van der Waals surface area contributed by atoms with Crippen LogP contribution in [0.25, 0.3) is 11.0 Å². The number of nitrogens with two attached hydrogens (primary N) is 2. The molecule has 4 atom stereocenters. The molecule has 10 heteroatoms. The second kappa shape index (κ2) is 5.40. The Balaban J connectivity index is 2.07. The predicted molar refractivity (Wildman–Crippen MR) is 75.0 cm³/mol. The lowest BCUT2D eigenvalue weighted by atomic mass is 10.1. The van der Waals surface area contributed by atoms with E-state index in [2.05, 4.69) is 9.97 Å². The third kappa shape index (κ3) is 2.25. The molecule has 21 heavy (non-hydrogen) atoms. The number of hydrogen-bond acceptors (Lipinski definition) is 9. The fourth-order valence-corrected chi connectivity index (χ4v) is 2.84. The molecule has 1 aliphatic rings.